The zero-order chi connectivity index (χ0) is 19.0. The maximum atomic E-state index is 13.4. The number of furan rings is 1. The topological polar surface area (TPSA) is 74.3 Å². The summed E-state index contributed by atoms with van der Waals surface area (Å²) in [7, 11) is 1.36. The average molecular weight is 405 g/mol. The Morgan fingerprint density at radius 1 is 1.44 bits per heavy atom. The van der Waals surface area contributed by atoms with Crippen LogP contribution in [0.3, 0.4) is 0 Å². The Balaban J connectivity index is 1.86. The number of thioether (sulfide) groups is 1. The van der Waals surface area contributed by atoms with Crippen molar-refractivity contribution in [3.05, 3.63) is 45.0 Å². The van der Waals surface area contributed by atoms with Gasteiger partial charge in [0.15, 0.2) is 5.16 Å². The Morgan fingerprint density at radius 3 is 3.00 bits per heavy atom. The lowest BCUT2D eigenvalue weighted by molar-refractivity contribution is -0.139. The molecule has 27 heavy (non-hydrogen) atoms. The Hall–Kier alpha value is -2.06. The van der Waals surface area contributed by atoms with E-state index in [1.807, 2.05) is 6.07 Å². The number of hydrogen-bond donors (Lipinski definition) is 0. The maximum absolute atomic E-state index is 13.4. The van der Waals surface area contributed by atoms with Gasteiger partial charge in [0, 0.05) is 4.88 Å². The first-order valence-electron chi connectivity index (χ1n) is 8.90. The molecule has 0 radical (unpaired) electrons. The van der Waals surface area contributed by atoms with Crippen molar-refractivity contribution in [2.75, 3.05) is 7.11 Å². The second-order valence-electron chi connectivity index (χ2n) is 6.54. The summed E-state index contributed by atoms with van der Waals surface area (Å²) < 4.78 is 11.9. The molecule has 1 aliphatic rings. The number of rotatable bonds is 5. The highest BCUT2D eigenvalue weighted by Gasteiger charge is 2.25. The summed E-state index contributed by atoms with van der Waals surface area (Å²) in [6, 6.07) is 3.63. The van der Waals surface area contributed by atoms with E-state index in [4.69, 9.17) is 14.1 Å². The standard InChI is InChI=1S/C19H20N2O4S2/c1-11(18(23)24-2)26-19-20-16-15(13-7-3-4-8-14(13)27-16)17(22)21(19)10-12-6-5-9-25-12/h5-6,9,11H,3-4,7-8,10H2,1-2H3/t11-/m0/s1. The summed E-state index contributed by atoms with van der Waals surface area (Å²) in [5.41, 5.74) is 1.10. The predicted molar refractivity (Wildman–Crippen MR) is 106 cm³/mol. The van der Waals surface area contributed by atoms with E-state index in [-0.39, 0.29) is 18.1 Å². The van der Waals surface area contributed by atoms with Crippen LogP contribution in [0.1, 0.15) is 36.0 Å². The summed E-state index contributed by atoms with van der Waals surface area (Å²) in [6.07, 6.45) is 5.78. The van der Waals surface area contributed by atoms with Crippen LogP contribution in [-0.2, 0) is 28.9 Å². The van der Waals surface area contributed by atoms with Crippen molar-refractivity contribution in [2.45, 2.75) is 49.6 Å². The minimum absolute atomic E-state index is 0.0598. The van der Waals surface area contributed by atoms with Gasteiger partial charge in [0.25, 0.3) is 5.56 Å². The van der Waals surface area contributed by atoms with Gasteiger partial charge in [-0.05, 0) is 50.3 Å². The number of aromatic nitrogens is 2. The van der Waals surface area contributed by atoms with Gasteiger partial charge in [0.1, 0.15) is 15.8 Å². The lowest BCUT2D eigenvalue weighted by Crippen LogP contribution is -2.26. The van der Waals surface area contributed by atoms with E-state index in [0.717, 1.165) is 41.5 Å². The van der Waals surface area contributed by atoms with Gasteiger partial charge in [-0.3, -0.25) is 14.2 Å². The molecular weight excluding hydrogens is 384 g/mol. The molecule has 8 heteroatoms. The number of hydrogen-bond acceptors (Lipinski definition) is 7. The minimum atomic E-state index is -0.461. The summed E-state index contributed by atoms with van der Waals surface area (Å²) in [5.74, 6) is 0.333. The molecule has 1 atom stereocenters. The third-order valence-electron chi connectivity index (χ3n) is 4.75. The molecule has 0 saturated carbocycles. The van der Waals surface area contributed by atoms with Gasteiger partial charge in [-0.25, -0.2) is 4.98 Å². The van der Waals surface area contributed by atoms with Crippen molar-refractivity contribution in [2.24, 2.45) is 0 Å². The van der Waals surface area contributed by atoms with Crippen LogP contribution < -0.4 is 5.56 Å². The summed E-state index contributed by atoms with van der Waals surface area (Å²) >= 11 is 2.85. The molecule has 0 aliphatic heterocycles. The Morgan fingerprint density at radius 2 is 2.26 bits per heavy atom. The first-order chi connectivity index (χ1) is 13.1. The molecule has 0 fully saturated rings. The number of thiophene rings is 1. The maximum Gasteiger partial charge on any atom is 0.318 e. The van der Waals surface area contributed by atoms with Crippen molar-refractivity contribution in [1.82, 2.24) is 9.55 Å². The van der Waals surface area contributed by atoms with Gasteiger partial charge < -0.3 is 9.15 Å². The van der Waals surface area contributed by atoms with E-state index in [1.54, 1.807) is 35.2 Å². The number of carbonyl (C=O) groups is 1. The molecule has 0 unspecified atom stereocenters. The number of nitrogens with zero attached hydrogens (tertiary/aromatic N) is 2. The highest BCUT2D eigenvalue weighted by molar-refractivity contribution is 8.00. The van der Waals surface area contributed by atoms with Crippen molar-refractivity contribution in [3.63, 3.8) is 0 Å². The van der Waals surface area contributed by atoms with E-state index in [9.17, 15) is 9.59 Å². The second-order valence-corrected chi connectivity index (χ2v) is 8.93. The average Bonchev–Trinajstić information content (AvgIpc) is 3.31. The number of aryl methyl sites for hydroxylation is 2. The van der Waals surface area contributed by atoms with Gasteiger partial charge in [-0.15, -0.1) is 11.3 Å². The van der Waals surface area contributed by atoms with Crippen LogP contribution in [0.15, 0.2) is 32.8 Å². The third-order valence-corrected chi connectivity index (χ3v) is 7.00. The number of carbonyl (C=O) groups excluding carboxylic acids is 1. The smallest absolute Gasteiger partial charge is 0.318 e. The van der Waals surface area contributed by atoms with Crippen LogP contribution in [0.2, 0.25) is 0 Å². The van der Waals surface area contributed by atoms with Gasteiger partial charge >= 0.3 is 5.97 Å². The lowest BCUT2D eigenvalue weighted by Gasteiger charge is -2.14. The first-order valence-corrected chi connectivity index (χ1v) is 10.6. The van der Waals surface area contributed by atoms with E-state index in [2.05, 4.69) is 0 Å². The van der Waals surface area contributed by atoms with E-state index >= 15 is 0 Å². The van der Waals surface area contributed by atoms with Crippen LogP contribution in [-0.4, -0.2) is 27.9 Å². The van der Waals surface area contributed by atoms with E-state index in [0.29, 0.717) is 10.9 Å². The molecule has 6 nitrogen and oxygen atoms in total. The first kappa shape index (κ1) is 18.3. The number of esters is 1. The molecule has 3 heterocycles. The number of ether oxygens (including phenoxy) is 1. The fourth-order valence-corrected chi connectivity index (χ4v) is 5.62. The highest BCUT2D eigenvalue weighted by Crippen LogP contribution is 2.35. The normalized spacial score (nSPS) is 14.9. The van der Waals surface area contributed by atoms with Crippen LogP contribution in [0.4, 0.5) is 0 Å². The van der Waals surface area contributed by atoms with Crippen molar-refractivity contribution in [3.8, 4) is 0 Å². The van der Waals surface area contributed by atoms with Crippen LogP contribution >= 0.6 is 23.1 Å². The number of fused-ring (bicyclic) bond motifs is 3. The molecule has 4 rings (SSSR count). The lowest BCUT2D eigenvalue weighted by atomic mass is 9.97. The fraction of sp³-hybridized carbons (Fsp3) is 0.421. The van der Waals surface area contributed by atoms with E-state index in [1.165, 1.54) is 23.7 Å². The Bertz CT molecular complexity index is 1040. The highest BCUT2D eigenvalue weighted by atomic mass is 32.2. The van der Waals surface area contributed by atoms with Crippen LogP contribution in [0.5, 0.6) is 0 Å². The fourth-order valence-electron chi connectivity index (χ4n) is 3.38. The quantitative estimate of drug-likeness (QED) is 0.367. The second kappa shape index (κ2) is 7.52. The van der Waals surface area contributed by atoms with Gasteiger partial charge in [-0.1, -0.05) is 11.8 Å². The molecule has 0 N–H and O–H groups in total. The van der Waals surface area contributed by atoms with Gasteiger partial charge in [0.2, 0.25) is 0 Å². The Kier molecular flexibility index (Phi) is 5.10. The minimum Gasteiger partial charge on any atom is -0.468 e. The van der Waals surface area contributed by atoms with Gasteiger partial charge in [0.05, 0.1) is 25.3 Å². The van der Waals surface area contributed by atoms with Crippen molar-refractivity contribution in [1.29, 1.82) is 0 Å². The van der Waals surface area contributed by atoms with Crippen molar-refractivity contribution < 1.29 is 13.9 Å². The van der Waals surface area contributed by atoms with E-state index < -0.39 is 5.25 Å². The summed E-state index contributed by atoms with van der Waals surface area (Å²) in [5, 5.41) is 0.786. The molecule has 142 valence electrons. The molecule has 0 saturated heterocycles. The van der Waals surface area contributed by atoms with Crippen molar-refractivity contribution >= 4 is 39.3 Å². The zero-order valence-electron chi connectivity index (χ0n) is 15.2. The summed E-state index contributed by atoms with van der Waals surface area (Å²) in [4.78, 5) is 32.1. The molecule has 0 amide bonds. The third kappa shape index (κ3) is 3.43. The van der Waals surface area contributed by atoms with Crippen LogP contribution in [0, 0.1) is 0 Å². The summed E-state index contributed by atoms with van der Waals surface area (Å²) in [6.45, 7) is 2.04. The van der Waals surface area contributed by atoms with Gasteiger partial charge in [-0.2, -0.15) is 0 Å². The monoisotopic (exact) mass is 404 g/mol. The zero-order valence-corrected chi connectivity index (χ0v) is 16.8. The molecule has 1 aliphatic carbocycles. The number of methoxy groups -OCH3 is 1. The predicted octanol–water partition coefficient (Wildman–Crippen LogP) is 3.63. The largest absolute Gasteiger partial charge is 0.468 e. The molecule has 0 aromatic carbocycles. The molecular formula is C19H20N2O4S2. The molecule has 0 spiro atoms. The Labute approximate surface area is 164 Å². The SMILES string of the molecule is COC(=O)[C@H](C)Sc1nc2sc3c(c2c(=O)n1Cc1ccco1)CCCC3. The molecule has 3 aromatic rings. The molecule has 3 aromatic heterocycles. The van der Waals surface area contributed by atoms with Crippen LogP contribution in [0.25, 0.3) is 10.2 Å². The molecule has 0 bridgehead atoms.